The maximum atomic E-state index is 2.52. The molecule has 0 unspecified atom stereocenters. The molecule has 0 radical (unpaired) electrons. The summed E-state index contributed by atoms with van der Waals surface area (Å²) in [6.45, 7) is 0. The van der Waals surface area contributed by atoms with Gasteiger partial charge in [0, 0.05) is 20.2 Å². The summed E-state index contributed by atoms with van der Waals surface area (Å²) in [5, 5.41) is 8.11. The molecule has 0 saturated heterocycles. The van der Waals surface area contributed by atoms with Crippen LogP contribution < -0.4 is 0 Å². The molecule has 0 saturated carbocycles. The molecule has 1 heterocycles. The molecule has 46 heavy (non-hydrogen) atoms. The monoisotopic (exact) mass is 598 g/mol. The van der Waals surface area contributed by atoms with Gasteiger partial charge >= 0.3 is 0 Å². The van der Waals surface area contributed by atoms with Crippen LogP contribution in [0.1, 0.15) is 22.3 Å². The Kier molecular flexibility index (Phi) is 4.75. The molecule has 9 aromatic rings. The molecule has 0 atom stereocenters. The topological polar surface area (TPSA) is 0 Å². The third-order valence-electron chi connectivity index (χ3n) is 10.6. The minimum atomic E-state index is -0.333. The van der Waals surface area contributed by atoms with Crippen LogP contribution in [0.5, 0.6) is 0 Å². The largest absolute Gasteiger partial charge is 0.135 e. The first kappa shape index (κ1) is 24.8. The summed E-state index contributed by atoms with van der Waals surface area (Å²) in [4.78, 5) is 0. The number of fused-ring (bicyclic) bond motifs is 10. The summed E-state index contributed by atoms with van der Waals surface area (Å²) in [7, 11) is 0. The van der Waals surface area contributed by atoms with Crippen molar-refractivity contribution < 1.29 is 0 Å². The maximum absolute atomic E-state index is 2.52. The molecule has 2 aliphatic carbocycles. The number of benzene rings is 8. The molecule has 1 aromatic heterocycles. The number of thiophene rings is 1. The summed E-state index contributed by atoms with van der Waals surface area (Å²) < 4.78 is 2.67. The number of rotatable bonds is 2. The Hall–Kier alpha value is -5.50. The van der Waals surface area contributed by atoms with E-state index in [0.29, 0.717) is 0 Å². The fraction of sp³-hybridized carbons (Fsp3) is 0.0222. The zero-order valence-corrected chi connectivity index (χ0v) is 25.7. The SMILES string of the molecule is c1ccc(-c2ccc3c(c2)sc2cc(-c4cc5c6c(ccc7cccc(c76)C56c5ccccc5-c5ccccc56)c4)ccc23)cc1. The van der Waals surface area contributed by atoms with Gasteiger partial charge in [-0.3, -0.25) is 0 Å². The standard InChI is InChI=1S/C45H26S/c1-2-9-27(10-3-1)29-19-21-35-36-22-20-30(26-42(36)46-41(35)25-29)32-23-31-18-17-28-11-8-16-39-43(28)44(31)40(24-32)45(39)37-14-6-4-12-33(37)34-13-5-7-15-38(34)45/h1-26H. The summed E-state index contributed by atoms with van der Waals surface area (Å²) in [5.41, 5.74) is 13.1. The molecule has 0 fully saturated rings. The highest BCUT2D eigenvalue weighted by molar-refractivity contribution is 7.25. The minimum absolute atomic E-state index is 0.333. The van der Waals surface area contributed by atoms with Crippen LogP contribution in [-0.2, 0) is 5.41 Å². The Bertz CT molecular complexity index is 2700. The van der Waals surface area contributed by atoms with Crippen molar-refractivity contribution in [3.05, 3.63) is 180 Å². The van der Waals surface area contributed by atoms with Gasteiger partial charge in [0.05, 0.1) is 5.41 Å². The van der Waals surface area contributed by atoms with Crippen molar-refractivity contribution in [3.8, 4) is 33.4 Å². The lowest BCUT2D eigenvalue weighted by Gasteiger charge is -2.31. The van der Waals surface area contributed by atoms with Crippen molar-refractivity contribution >= 4 is 53.1 Å². The zero-order valence-electron chi connectivity index (χ0n) is 24.9. The van der Waals surface area contributed by atoms with Crippen molar-refractivity contribution in [2.75, 3.05) is 0 Å². The molecule has 212 valence electrons. The molecular weight excluding hydrogens is 573 g/mol. The highest BCUT2D eigenvalue weighted by Gasteiger charge is 2.50. The maximum Gasteiger partial charge on any atom is 0.0726 e. The van der Waals surface area contributed by atoms with Gasteiger partial charge < -0.3 is 0 Å². The second-order valence-electron chi connectivity index (χ2n) is 12.8. The molecular formula is C45H26S. The normalized spacial score (nSPS) is 13.8. The lowest BCUT2D eigenvalue weighted by Crippen LogP contribution is -2.26. The Labute approximate surface area is 270 Å². The van der Waals surface area contributed by atoms with E-state index in [1.807, 2.05) is 11.3 Å². The summed E-state index contributed by atoms with van der Waals surface area (Å²) in [6.07, 6.45) is 0. The van der Waals surface area contributed by atoms with Crippen LogP contribution >= 0.6 is 11.3 Å². The Morgan fingerprint density at radius 1 is 0.348 bits per heavy atom. The van der Waals surface area contributed by atoms with Gasteiger partial charge in [-0.2, -0.15) is 0 Å². The van der Waals surface area contributed by atoms with Gasteiger partial charge in [-0.1, -0.05) is 133 Å². The first-order valence-electron chi connectivity index (χ1n) is 16.0. The molecule has 0 nitrogen and oxygen atoms in total. The van der Waals surface area contributed by atoms with Crippen LogP contribution in [0.2, 0.25) is 0 Å². The van der Waals surface area contributed by atoms with Crippen molar-refractivity contribution in [3.63, 3.8) is 0 Å². The lowest BCUT2D eigenvalue weighted by molar-refractivity contribution is 0.797. The van der Waals surface area contributed by atoms with E-state index in [4.69, 9.17) is 0 Å². The fourth-order valence-corrected chi connectivity index (χ4v) is 9.93. The average molecular weight is 599 g/mol. The van der Waals surface area contributed by atoms with E-state index in [0.717, 1.165) is 0 Å². The highest BCUT2D eigenvalue weighted by Crippen LogP contribution is 2.62. The van der Waals surface area contributed by atoms with Gasteiger partial charge in [0.25, 0.3) is 0 Å². The van der Waals surface area contributed by atoms with Gasteiger partial charge in [-0.15, -0.1) is 11.3 Å². The third kappa shape index (κ3) is 3.04. The van der Waals surface area contributed by atoms with Gasteiger partial charge in [0.1, 0.15) is 0 Å². The highest BCUT2D eigenvalue weighted by atomic mass is 32.1. The molecule has 0 bridgehead atoms. The fourth-order valence-electron chi connectivity index (χ4n) is 8.74. The van der Waals surface area contributed by atoms with Crippen LogP contribution in [0, 0.1) is 0 Å². The number of hydrogen-bond acceptors (Lipinski definition) is 1. The Morgan fingerprint density at radius 2 is 0.935 bits per heavy atom. The predicted octanol–water partition coefficient (Wildman–Crippen LogP) is 12.4. The number of hydrogen-bond donors (Lipinski definition) is 0. The smallest absolute Gasteiger partial charge is 0.0726 e. The van der Waals surface area contributed by atoms with Crippen LogP contribution in [0.25, 0.3) is 75.1 Å². The van der Waals surface area contributed by atoms with Crippen LogP contribution in [0.4, 0.5) is 0 Å². The molecule has 0 N–H and O–H groups in total. The van der Waals surface area contributed by atoms with Gasteiger partial charge in [0.15, 0.2) is 0 Å². The van der Waals surface area contributed by atoms with Crippen molar-refractivity contribution in [1.82, 2.24) is 0 Å². The summed E-state index contributed by atoms with van der Waals surface area (Å²) >= 11 is 1.90. The van der Waals surface area contributed by atoms with Gasteiger partial charge in [-0.25, -0.2) is 0 Å². The van der Waals surface area contributed by atoms with E-state index in [-0.39, 0.29) is 5.41 Å². The quantitative estimate of drug-likeness (QED) is 0.174. The third-order valence-corrected chi connectivity index (χ3v) is 11.7. The van der Waals surface area contributed by atoms with E-state index in [1.54, 1.807) is 0 Å². The van der Waals surface area contributed by atoms with Crippen LogP contribution in [-0.4, -0.2) is 0 Å². The predicted molar refractivity (Wildman–Crippen MR) is 196 cm³/mol. The molecule has 11 rings (SSSR count). The van der Waals surface area contributed by atoms with Crippen molar-refractivity contribution in [1.29, 1.82) is 0 Å². The molecule has 1 spiro atoms. The Morgan fingerprint density at radius 3 is 1.65 bits per heavy atom. The first-order chi connectivity index (χ1) is 22.8. The minimum Gasteiger partial charge on any atom is -0.135 e. The van der Waals surface area contributed by atoms with Crippen LogP contribution in [0.15, 0.2) is 158 Å². The molecule has 2 aliphatic rings. The average Bonchev–Trinajstić information content (AvgIpc) is 3.74. The van der Waals surface area contributed by atoms with Gasteiger partial charge in [-0.05, 0) is 101 Å². The second kappa shape index (κ2) is 8.81. The Balaban J connectivity index is 1.17. The summed E-state index contributed by atoms with van der Waals surface area (Å²) in [5.74, 6) is 0. The molecule has 1 heteroatoms. The van der Waals surface area contributed by atoms with Gasteiger partial charge in [0.2, 0.25) is 0 Å². The molecule has 0 aliphatic heterocycles. The second-order valence-corrected chi connectivity index (χ2v) is 13.9. The van der Waals surface area contributed by atoms with E-state index in [9.17, 15) is 0 Å². The van der Waals surface area contributed by atoms with E-state index in [1.165, 1.54) is 97.4 Å². The summed E-state index contributed by atoms with van der Waals surface area (Å²) in [6, 6.07) is 59.4. The van der Waals surface area contributed by atoms with E-state index < -0.39 is 0 Å². The van der Waals surface area contributed by atoms with E-state index >= 15 is 0 Å². The van der Waals surface area contributed by atoms with Crippen molar-refractivity contribution in [2.45, 2.75) is 5.41 Å². The first-order valence-corrected chi connectivity index (χ1v) is 16.8. The molecule has 0 amide bonds. The molecule has 8 aromatic carbocycles. The van der Waals surface area contributed by atoms with Crippen molar-refractivity contribution in [2.24, 2.45) is 0 Å². The zero-order chi connectivity index (χ0) is 30.0. The van der Waals surface area contributed by atoms with Crippen LogP contribution in [0.3, 0.4) is 0 Å². The van der Waals surface area contributed by atoms with E-state index in [2.05, 4.69) is 158 Å². The lowest BCUT2D eigenvalue weighted by atomic mass is 9.70.